The topological polar surface area (TPSA) is 79.9 Å². The highest BCUT2D eigenvalue weighted by atomic mass is 16.5. The number of amides is 1. The summed E-state index contributed by atoms with van der Waals surface area (Å²) < 4.78 is 5.89. The Bertz CT molecular complexity index is 1070. The number of nitrogens with one attached hydrogen (secondary N) is 2. The summed E-state index contributed by atoms with van der Waals surface area (Å²) in [7, 11) is 0. The molecule has 0 saturated carbocycles. The monoisotopic (exact) mass is 358 g/mol. The van der Waals surface area contributed by atoms with Crippen LogP contribution in [0.2, 0.25) is 0 Å². The minimum atomic E-state index is -0.670. The number of hydrogen-bond acceptors (Lipinski definition) is 4. The van der Waals surface area contributed by atoms with E-state index in [0.717, 1.165) is 22.0 Å². The molecule has 0 aliphatic carbocycles. The van der Waals surface area contributed by atoms with Crippen molar-refractivity contribution in [2.75, 3.05) is 5.32 Å². The highest BCUT2D eigenvalue weighted by Gasteiger charge is 2.17. The number of aromatic amines is 1. The number of carbonyl (C=O) groups excluding carboxylic acids is 1. The average molecular weight is 358 g/mol. The quantitative estimate of drug-likeness (QED) is 0.564. The summed E-state index contributed by atoms with van der Waals surface area (Å²) in [5, 5.41) is 11.9. The molecule has 4 aromatic rings. The van der Waals surface area contributed by atoms with Crippen molar-refractivity contribution in [2.24, 2.45) is 0 Å². The van der Waals surface area contributed by atoms with E-state index < -0.39 is 6.10 Å². The first-order chi connectivity index (χ1) is 13.2. The van der Waals surface area contributed by atoms with Gasteiger partial charge >= 0.3 is 0 Å². The average Bonchev–Trinajstić information content (AvgIpc) is 3.17. The molecule has 0 aliphatic rings. The largest absolute Gasteiger partial charge is 0.480 e. The molecule has 0 saturated heterocycles. The highest BCUT2D eigenvalue weighted by Crippen LogP contribution is 2.26. The number of benzene rings is 2. The van der Waals surface area contributed by atoms with E-state index in [1.807, 2.05) is 54.6 Å². The molecule has 0 spiro atoms. The molecule has 1 unspecified atom stereocenters. The first kappa shape index (κ1) is 16.8. The van der Waals surface area contributed by atoms with Gasteiger partial charge in [-0.15, -0.1) is 0 Å². The summed E-state index contributed by atoms with van der Waals surface area (Å²) in [5.41, 5.74) is 1.74. The summed E-state index contributed by atoms with van der Waals surface area (Å²) >= 11 is 0. The van der Waals surface area contributed by atoms with Crippen molar-refractivity contribution >= 4 is 22.5 Å². The van der Waals surface area contributed by atoms with Crippen LogP contribution in [0.15, 0.2) is 73.1 Å². The van der Waals surface area contributed by atoms with Crippen LogP contribution in [-0.2, 0) is 4.79 Å². The van der Waals surface area contributed by atoms with Crippen LogP contribution in [0.25, 0.3) is 22.0 Å². The maximum absolute atomic E-state index is 12.5. The van der Waals surface area contributed by atoms with Crippen LogP contribution in [0.3, 0.4) is 0 Å². The van der Waals surface area contributed by atoms with Crippen LogP contribution in [-0.4, -0.2) is 27.2 Å². The number of carbonyl (C=O) groups is 1. The molecule has 2 heterocycles. The van der Waals surface area contributed by atoms with E-state index in [9.17, 15) is 4.79 Å². The molecule has 134 valence electrons. The van der Waals surface area contributed by atoms with Crippen LogP contribution < -0.4 is 10.1 Å². The van der Waals surface area contributed by atoms with Gasteiger partial charge < -0.3 is 10.1 Å². The number of H-pyrrole nitrogens is 1. The zero-order chi connectivity index (χ0) is 18.6. The first-order valence-electron chi connectivity index (χ1n) is 8.62. The number of aromatic nitrogens is 3. The van der Waals surface area contributed by atoms with Gasteiger partial charge in [-0.2, -0.15) is 5.10 Å². The van der Waals surface area contributed by atoms with Crippen LogP contribution in [0.4, 0.5) is 5.82 Å². The fraction of sp³-hybridized carbons (Fsp3) is 0.0952. The lowest BCUT2D eigenvalue weighted by molar-refractivity contribution is -0.122. The molecule has 4 rings (SSSR count). The van der Waals surface area contributed by atoms with Gasteiger partial charge in [0.2, 0.25) is 0 Å². The smallest absolute Gasteiger partial charge is 0.266 e. The summed E-state index contributed by atoms with van der Waals surface area (Å²) in [6.45, 7) is 1.72. The highest BCUT2D eigenvalue weighted by molar-refractivity contribution is 5.94. The zero-order valence-electron chi connectivity index (χ0n) is 14.7. The molecule has 1 atom stereocenters. The molecule has 2 N–H and O–H groups in total. The minimum Gasteiger partial charge on any atom is -0.480 e. The molecule has 0 radical (unpaired) electrons. The molecule has 2 aromatic carbocycles. The van der Waals surface area contributed by atoms with Gasteiger partial charge in [0.05, 0.1) is 5.69 Å². The Morgan fingerprint density at radius 3 is 2.70 bits per heavy atom. The molecule has 6 nitrogen and oxygen atoms in total. The lowest BCUT2D eigenvalue weighted by atomic mass is 10.1. The van der Waals surface area contributed by atoms with Crippen LogP contribution >= 0.6 is 0 Å². The van der Waals surface area contributed by atoms with Crippen molar-refractivity contribution in [1.82, 2.24) is 15.2 Å². The van der Waals surface area contributed by atoms with Gasteiger partial charge in [-0.25, -0.2) is 0 Å². The maximum atomic E-state index is 12.5. The third-order valence-electron chi connectivity index (χ3n) is 4.24. The third kappa shape index (κ3) is 3.64. The molecule has 0 fully saturated rings. The molecular weight excluding hydrogens is 340 g/mol. The van der Waals surface area contributed by atoms with Gasteiger partial charge in [-0.3, -0.25) is 14.9 Å². The molecular formula is C21H18N4O2. The summed E-state index contributed by atoms with van der Waals surface area (Å²) in [5.74, 6) is 0.853. The number of ether oxygens (including phenoxy) is 1. The molecule has 27 heavy (non-hydrogen) atoms. The molecule has 6 heteroatoms. The van der Waals surface area contributed by atoms with Gasteiger partial charge in [-0.1, -0.05) is 36.4 Å². The number of nitrogens with zero attached hydrogens (tertiary/aromatic N) is 2. The van der Waals surface area contributed by atoms with Crippen molar-refractivity contribution in [3.8, 4) is 17.0 Å². The maximum Gasteiger partial charge on any atom is 0.266 e. The van der Waals surface area contributed by atoms with Crippen molar-refractivity contribution in [3.63, 3.8) is 0 Å². The predicted molar refractivity (Wildman–Crippen MR) is 104 cm³/mol. The number of anilines is 1. The number of hydrogen-bond donors (Lipinski definition) is 2. The standard InChI is InChI=1S/C21H18N4O2/c1-14(27-19-8-4-6-15-5-2-3-7-17(15)19)21(26)23-20-13-18(24-25-20)16-9-11-22-12-10-16/h2-14H,1H3,(H2,23,24,25,26). The van der Waals surface area contributed by atoms with Crippen molar-refractivity contribution in [3.05, 3.63) is 73.1 Å². The van der Waals surface area contributed by atoms with Gasteiger partial charge in [0, 0.05) is 29.4 Å². The summed E-state index contributed by atoms with van der Waals surface area (Å²) in [6.07, 6.45) is 2.74. The number of fused-ring (bicyclic) bond motifs is 1. The Morgan fingerprint density at radius 1 is 1.07 bits per heavy atom. The van der Waals surface area contributed by atoms with Crippen molar-refractivity contribution < 1.29 is 9.53 Å². The second-order valence-electron chi connectivity index (χ2n) is 6.13. The Morgan fingerprint density at radius 2 is 1.85 bits per heavy atom. The fourth-order valence-corrected chi connectivity index (χ4v) is 2.84. The van der Waals surface area contributed by atoms with E-state index in [1.165, 1.54) is 0 Å². The zero-order valence-corrected chi connectivity index (χ0v) is 14.7. The predicted octanol–water partition coefficient (Wildman–Crippen LogP) is 4.03. The Labute approximate surface area is 156 Å². The molecule has 2 aromatic heterocycles. The lowest BCUT2D eigenvalue weighted by Crippen LogP contribution is -2.30. The van der Waals surface area contributed by atoms with Crippen molar-refractivity contribution in [1.29, 1.82) is 0 Å². The Hall–Kier alpha value is -3.67. The fourth-order valence-electron chi connectivity index (χ4n) is 2.84. The molecule has 1 amide bonds. The summed E-state index contributed by atoms with van der Waals surface area (Å²) in [6, 6.07) is 19.2. The Balaban J connectivity index is 1.46. The van der Waals surface area contributed by atoms with E-state index in [4.69, 9.17) is 4.74 Å². The van der Waals surface area contributed by atoms with Gasteiger partial charge in [0.25, 0.3) is 5.91 Å². The van der Waals surface area contributed by atoms with Crippen LogP contribution in [0, 0.1) is 0 Å². The lowest BCUT2D eigenvalue weighted by Gasteiger charge is -2.15. The van der Waals surface area contributed by atoms with E-state index in [1.54, 1.807) is 25.4 Å². The molecule has 0 bridgehead atoms. The second-order valence-corrected chi connectivity index (χ2v) is 6.13. The van der Waals surface area contributed by atoms with Crippen molar-refractivity contribution in [2.45, 2.75) is 13.0 Å². The van der Waals surface area contributed by atoms with E-state index in [2.05, 4.69) is 20.5 Å². The number of pyridine rings is 1. The Kier molecular flexibility index (Phi) is 4.53. The van der Waals surface area contributed by atoms with E-state index >= 15 is 0 Å². The summed E-state index contributed by atoms with van der Waals surface area (Å²) in [4.78, 5) is 16.5. The second kappa shape index (κ2) is 7.29. The first-order valence-corrected chi connectivity index (χ1v) is 8.62. The van der Waals surface area contributed by atoms with E-state index in [0.29, 0.717) is 11.6 Å². The number of rotatable bonds is 5. The van der Waals surface area contributed by atoms with Gasteiger partial charge in [0.15, 0.2) is 11.9 Å². The third-order valence-corrected chi connectivity index (χ3v) is 4.24. The van der Waals surface area contributed by atoms with Gasteiger partial charge in [-0.05, 0) is 30.5 Å². The van der Waals surface area contributed by atoms with E-state index in [-0.39, 0.29) is 5.91 Å². The van der Waals surface area contributed by atoms with Crippen LogP contribution in [0.5, 0.6) is 5.75 Å². The van der Waals surface area contributed by atoms with Gasteiger partial charge in [0.1, 0.15) is 5.75 Å². The SMILES string of the molecule is CC(Oc1cccc2ccccc12)C(=O)Nc1cc(-c2ccncc2)[nH]n1. The van der Waals surface area contributed by atoms with Crippen LogP contribution in [0.1, 0.15) is 6.92 Å². The molecule has 0 aliphatic heterocycles. The normalized spacial score (nSPS) is 11.9. The minimum absolute atomic E-state index is 0.268.